The minimum absolute atomic E-state index is 0.0219. The highest BCUT2D eigenvalue weighted by Gasteiger charge is 2.19. The molecule has 104 valence electrons. The Morgan fingerprint density at radius 1 is 1.58 bits per heavy atom. The molecule has 0 amide bonds. The molecule has 1 saturated heterocycles. The van der Waals surface area contributed by atoms with E-state index in [-0.39, 0.29) is 11.7 Å². The number of aromatic amines is 1. The molecule has 1 aromatic heterocycles. The zero-order valence-corrected chi connectivity index (χ0v) is 11.2. The van der Waals surface area contributed by atoms with E-state index in [1.165, 1.54) is 0 Å². The normalized spacial score (nSPS) is 23.3. The van der Waals surface area contributed by atoms with Crippen LogP contribution in [-0.4, -0.2) is 47.7 Å². The largest absolute Gasteiger partial charge is 0.376 e. The summed E-state index contributed by atoms with van der Waals surface area (Å²) >= 11 is 0. The van der Waals surface area contributed by atoms with E-state index in [4.69, 9.17) is 4.74 Å². The summed E-state index contributed by atoms with van der Waals surface area (Å²) in [5.41, 5.74) is 1.71. The SMILES string of the molecule is CN1CCc2nc(NC[C@@H]3CCCO3)[nH]c(=O)c2C1. The van der Waals surface area contributed by atoms with Crippen molar-refractivity contribution in [2.24, 2.45) is 0 Å². The molecule has 1 atom stereocenters. The molecule has 6 nitrogen and oxygen atoms in total. The smallest absolute Gasteiger partial charge is 0.257 e. The number of nitrogens with one attached hydrogen (secondary N) is 2. The monoisotopic (exact) mass is 264 g/mol. The van der Waals surface area contributed by atoms with E-state index in [0.29, 0.717) is 19.0 Å². The summed E-state index contributed by atoms with van der Waals surface area (Å²) in [5.74, 6) is 0.573. The van der Waals surface area contributed by atoms with E-state index >= 15 is 0 Å². The number of hydrogen-bond acceptors (Lipinski definition) is 5. The van der Waals surface area contributed by atoms with Crippen LogP contribution in [0.25, 0.3) is 0 Å². The third-order valence-corrected chi connectivity index (χ3v) is 3.78. The second-order valence-electron chi connectivity index (χ2n) is 5.34. The van der Waals surface area contributed by atoms with Gasteiger partial charge in [0.15, 0.2) is 0 Å². The molecule has 19 heavy (non-hydrogen) atoms. The summed E-state index contributed by atoms with van der Waals surface area (Å²) in [7, 11) is 2.02. The van der Waals surface area contributed by atoms with Crippen molar-refractivity contribution in [1.29, 1.82) is 0 Å². The van der Waals surface area contributed by atoms with Crippen molar-refractivity contribution in [1.82, 2.24) is 14.9 Å². The molecule has 3 heterocycles. The number of aromatic nitrogens is 2. The molecule has 0 saturated carbocycles. The van der Waals surface area contributed by atoms with E-state index in [1.54, 1.807) is 0 Å². The van der Waals surface area contributed by atoms with Gasteiger partial charge in [0.05, 0.1) is 17.4 Å². The molecule has 1 fully saturated rings. The first-order valence-corrected chi connectivity index (χ1v) is 6.88. The number of H-pyrrole nitrogens is 1. The minimum Gasteiger partial charge on any atom is -0.376 e. The van der Waals surface area contributed by atoms with Gasteiger partial charge in [-0.1, -0.05) is 0 Å². The van der Waals surface area contributed by atoms with Crippen LogP contribution in [0.15, 0.2) is 4.79 Å². The van der Waals surface area contributed by atoms with E-state index in [0.717, 1.165) is 43.7 Å². The van der Waals surface area contributed by atoms with Gasteiger partial charge in [0.2, 0.25) is 5.95 Å². The predicted octanol–water partition coefficient (Wildman–Crippen LogP) is 0.349. The highest BCUT2D eigenvalue weighted by molar-refractivity contribution is 5.31. The quantitative estimate of drug-likeness (QED) is 0.824. The first-order valence-electron chi connectivity index (χ1n) is 6.88. The second-order valence-corrected chi connectivity index (χ2v) is 5.34. The highest BCUT2D eigenvalue weighted by atomic mass is 16.5. The molecule has 0 unspecified atom stereocenters. The van der Waals surface area contributed by atoms with Gasteiger partial charge in [0.1, 0.15) is 0 Å². The van der Waals surface area contributed by atoms with Crippen LogP contribution in [0.1, 0.15) is 24.1 Å². The first-order chi connectivity index (χ1) is 9.22. The van der Waals surface area contributed by atoms with Crippen molar-refractivity contribution < 1.29 is 4.74 Å². The van der Waals surface area contributed by atoms with Gasteiger partial charge < -0.3 is 15.0 Å². The van der Waals surface area contributed by atoms with Crippen LogP contribution in [0.3, 0.4) is 0 Å². The molecule has 0 bridgehead atoms. The van der Waals surface area contributed by atoms with Crippen LogP contribution in [0.4, 0.5) is 5.95 Å². The Morgan fingerprint density at radius 2 is 2.47 bits per heavy atom. The summed E-state index contributed by atoms with van der Waals surface area (Å²) in [6, 6.07) is 0. The fourth-order valence-corrected chi connectivity index (χ4v) is 2.66. The fourth-order valence-electron chi connectivity index (χ4n) is 2.66. The summed E-state index contributed by atoms with van der Waals surface area (Å²) in [4.78, 5) is 21.5. The lowest BCUT2D eigenvalue weighted by Gasteiger charge is -2.23. The molecular formula is C13H20N4O2. The molecular weight excluding hydrogens is 244 g/mol. The molecule has 0 aromatic carbocycles. The Hall–Kier alpha value is -1.40. The van der Waals surface area contributed by atoms with E-state index < -0.39 is 0 Å². The van der Waals surface area contributed by atoms with Crippen molar-refractivity contribution in [2.45, 2.75) is 31.9 Å². The maximum atomic E-state index is 12.0. The number of nitrogens with zero attached hydrogens (tertiary/aromatic N) is 2. The fraction of sp³-hybridized carbons (Fsp3) is 0.692. The molecule has 6 heteroatoms. The molecule has 2 aliphatic heterocycles. The summed E-state index contributed by atoms with van der Waals surface area (Å²) in [6.07, 6.45) is 3.27. The van der Waals surface area contributed by atoms with Crippen molar-refractivity contribution in [3.05, 3.63) is 21.6 Å². The van der Waals surface area contributed by atoms with E-state index in [2.05, 4.69) is 20.2 Å². The topological polar surface area (TPSA) is 70.2 Å². The predicted molar refractivity (Wildman–Crippen MR) is 72.4 cm³/mol. The van der Waals surface area contributed by atoms with Crippen molar-refractivity contribution in [2.75, 3.05) is 32.1 Å². The van der Waals surface area contributed by atoms with Crippen LogP contribution >= 0.6 is 0 Å². The van der Waals surface area contributed by atoms with Gasteiger partial charge in [0, 0.05) is 32.7 Å². The Bertz CT molecular complexity index is 508. The van der Waals surface area contributed by atoms with E-state index in [1.807, 2.05) is 7.05 Å². The van der Waals surface area contributed by atoms with Crippen molar-refractivity contribution in [3.8, 4) is 0 Å². The average Bonchev–Trinajstić information content (AvgIpc) is 2.90. The number of ether oxygens (including phenoxy) is 1. The molecule has 1 aromatic rings. The lowest BCUT2D eigenvalue weighted by atomic mass is 10.1. The van der Waals surface area contributed by atoms with Crippen molar-refractivity contribution in [3.63, 3.8) is 0 Å². The third kappa shape index (κ3) is 2.79. The van der Waals surface area contributed by atoms with Gasteiger partial charge in [-0.3, -0.25) is 9.78 Å². The molecule has 0 spiro atoms. The van der Waals surface area contributed by atoms with Crippen molar-refractivity contribution >= 4 is 5.95 Å². The third-order valence-electron chi connectivity index (χ3n) is 3.78. The maximum Gasteiger partial charge on any atom is 0.257 e. The number of fused-ring (bicyclic) bond motifs is 1. The van der Waals surface area contributed by atoms with Gasteiger partial charge in [-0.15, -0.1) is 0 Å². The van der Waals surface area contributed by atoms with Crippen LogP contribution in [0, 0.1) is 0 Å². The molecule has 0 aliphatic carbocycles. The van der Waals surface area contributed by atoms with Crippen LogP contribution in [0.5, 0.6) is 0 Å². The van der Waals surface area contributed by atoms with Crippen LogP contribution < -0.4 is 10.9 Å². The van der Waals surface area contributed by atoms with Crippen LogP contribution in [-0.2, 0) is 17.7 Å². The first kappa shape index (κ1) is 12.6. The lowest BCUT2D eigenvalue weighted by molar-refractivity contribution is 0.120. The van der Waals surface area contributed by atoms with Gasteiger partial charge in [-0.25, -0.2) is 4.98 Å². The summed E-state index contributed by atoms with van der Waals surface area (Å²) in [6.45, 7) is 3.19. The molecule has 0 radical (unpaired) electrons. The lowest BCUT2D eigenvalue weighted by Crippen LogP contribution is -2.34. The molecule has 3 rings (SSSR count). The van der Waals surface area contributed by atoms with Gasteiger partial charge in [-0.2, -0.15) is 0 Å². The number of likely N-dealkylation sites (N-methyl/N-ethyl adjacent to an activating group) is 1. The Kier molecular flexibility index (Phi) is 3.52. The highest BCUT2D eigenvalue weighted by Crippen LogP contribution is 2.15. The Morgan fingerprint density at radius 3 is 3.26 bits per heavy atom. The molecule has 2 aliphatic rings. The summed E-state index contributed by atoms with van der Waals surface area (Å²) < 4.78 is 5.54. The molecule has 2 N–H and O–H groups in total. The number of hydrogen-bond donors (Lipinski definition) is 2. The Balaban J connectivity index is 1.72. The van der Waals surface area contributed by atoms with Gasteiger partial charge >= 0.3 is 0 Å². The summed E-state index contributed by atoms with van der Waals surface area (Å²) in [5, 5.41) is 3.18. The minimum atomic E-state index is -0.0219. The number of rotatable bonds is 3. The van der Waals surface area contributed by atoms with Gasteiger partial charge in [-0.05, 0) is 19.9 Å². The average molecular weight is 264 g/mol. The van der Waals surface area contributed by atoms with Crippen LogP contribution in [0.2, 0.25) is 0 Å². The second kappa shape index (κ2) is 5.30. The zero-order chi connectivity index (χ0) is 13.2. The Labute approximate surface area is 112 Å². The van der Waals surface area contributed by atoms with Gasteiger partial charge in [0.25, 0.3) is 5.56 Å². The van der Waals surface area contributed by atoms with E-state index in [9.17, 15) is 4.79 Å². The number of anilines is 1. The standard InChI is InChI=1S/C13H20N4O2/c1-17-5-4-11-10(8-17)12(18)16-13(15-11)14-7-9-3-2-6-19-9/h9H,2-8H2,1H3,(H2,14,15,16,18)/t9-/m0/s1. The maximum absolute atomic E-state index is 12.0. The zero-order valence-electron chi connectivity index (χ0n) is 11.2.